The van der Waals surface area contributed by atoms with Crippen LogP contribution in [0.5, 0.6) is 0 Å². The summed E-state index contributed by atoms with van der Waals surface area (Å²) in [5.74, 6) is 0.323. The molecule has 1 N–H and O–H groups in total. The van der Waals surface area contributed by atoms with Crippen LogP contribution in [0.25, 0.3) is 0 Å². The predicted molar refractivity (Wildman–Crippen MR) is 69.2 cm³/mol. The van der Waals surface area contributed by atoms with Crippen molar-refractivity contribution in [1.82, 2.24) is 5.16 Å². The zero-order valence-corrected chi connectivity index (χ0v) is 11.1. The van der Waals surface area contributed by atoms with Gasteiger partial charge in [0.2, 0.25) is 0 Å². The van der Waals surface area contributed by atoms with E-state index in [-0.39, 0.29) is 10.6 Å². The smallest absolute Gasteiger partial charge is 0.337 e. The molecule has 2 rings (SSSR count). The van der Waals surface area contributed by atoms with Gasteiger partial charge in [-0.15, -0.1) is 11.8 Å². The van der Waals surface area contributed by atoms with Crippen LogP contribution in [-0.4, -0.2) is 16.2 Å². The number of hydrogen-bond donors (Lipinski definition) is 1. The van der Waals surface area contributed by atoms with Gasteiger partial charge in [0.25, 0.3) is 0 Å². The van der Waals surface area contributed by atoms with Gasteiger partial charge in [-0.3, -0.25) is 0 Å². The van der Waals surface area contributed by atoms with Crippen LogP contribution in [0, 0.1) is 6.92 Å². The Bertz CT molecular complexity index is 582. The molecule has 0 fully saturated rings. The van der Waals surface area contributed by atoms with Crippen molar-refractivity contribution in [2.45, 2.75) is 17.6 Å². The van der Waals surface area contributed by atoms with Crippen molar-refractivity contribution >= 4 is 29.3 Å². The van der Waals surface area contributed by atoms with Crippen LogP contribution in [0.4, 0.5) is 0 Å². The first-order chi connectivity index (χ1) is 8.56. The van der Waals surface area contributed by atoms with Gasteiger partial charge in [-0.05, 0) is 25.1 Å². The molecule has 0 radical (unpaired) electrons. The van der Waals surface area contributed by atoms with Crippen LogP contribution in [0.3, 0.4) is 0 Å². The zero-order valence-electron chi connectivity index (χ0n) is 9.51. The first kappa shape index (κ1) is 13.0. The fourth-order valence-electron chi connectivity index (χ4n) is 1.40. The van der Waals surface area contributed by atoms with Gasteiger partial charge in [-0.1, -0.05) is 16.8 Å². The number of rotatable bonds is 4. The molecule has 0 saturated heterocycles. The summed E-state index contributed by atoms with van der Waals surface area (Å²) in [4.78, 5) is 11.8. The Balaban J connectivity index is 2.10. The third kappa shape index (κ3) is 3.05. The molecular weight excluding hydrogens is 274 g/mol. The molecule has 0 atom stereocenters. The molecule has 0 unspecified atom stereocenters. The van der Waals surface area contributed by atoms with Gasteiger partial charge in [-0.25, -0.2) is 4.79 Å². The molecule has 0 aliphatic heterocycles. The maximum Gasteiger partial charge on any atom is 0.337 e. The van der Waals surface area contributed by atoms with Gasteiger partial charge in [0, 0.05) is 11.0 Å². The average molecular weight is 284 g/mol. The summed E-state index contributed by atoms with van der Waals surface area (Å²) in [5, 5.41) is 13.0. The molecule has 94 valence electrons. The Kier molecular flexibility index (Phi) is 3.93. The third-order valence-corrected chi connectivity index (χ3v) is 3.57. The Morgan fingerprint density at radius 3 is 2.89 bits per heavy atom. The zero-order chi connectivity index (χ0) is 13.1. The molecule has 0 amide bonds. The number of aromatic carboxylic acids is 1. The summed E-state index contributed by atoms with van der Waals surface area (Å²) >= 11 is 7.26. The Morgan fingerprint density at radius 2 is 2.28 bits per heavy atom. The van der Waals surface area contributed by atoms with Crippen LogP contribution in [0.1, 0.15) is 21.8 Å². The molecule has 1 aromatic carbocycles. The monoisotopic (exact) mass is 283 g/mol. The van der Waals surface area contributed by atoms with E-state index in [0.29, 0.717) is 5.75 Å². The SMILES string of the molecule is Cc1cc(CSc2ccc(Cl)c(C(=O)O)c2)on1. The highest BCUT2D eigenvalue weighted by Gasteiger charge is 2.10. The Hall–Kier alpha value is -1.46. The van der Waals surface area contributed by atoms with Crippen molar-refractivity contribution < 1.29 is 14.4 Å². The molecule has 0 aliphatic rings. The van der Waals surface area contributed by atoms with E-state index in [1.165, 1.54) is 11.8 Å². The van der Waals surface area contributed by atoms with Crippen LogP contribution in [-0.2, 0) is 5.75 Å². The standard InChI is InChI=1S/C12H10ClNO3S/c1-7-4-8(17-14-7)6-18-9-2-3-11(13)10(5-9)12(15)16/h2-5H,6H2,1H3,(H,15,16). The largest absolute Gasteiger partial charge is 0.478 e. The summed E-state index contributed by atoms with van der Waals surface area (Å²) in [5.41, 5.74) is 0.934. The summed E-state index contributed by atoms with van der Waals surface area (Å²) in [6.45, 7) is 1.85. The van der Waals surface area contributed by atoms with Gasteiger partial charge in [0.15, 0.2) is 0 Å². The molecule has 0 spiro atoms. The van der Waals surface area contributed by atoms with Crippen LogP contribution >= 0.6 is 23.4 Å². The number of halogens is 1. The second kappa shape index (κ2) is 5.46. The second-order valence-electron chi connectivity index (χ2n) is 3.67. The first-order valence-electron chi connectivity index (χ1n) is 5.14. The maximum absolute atomic E-state index is 10.9. The molecule has 0 saturated carbocycles. The van der Waals surface area contributed by atoms with E-state index in [2.05, 4.69) is 5.16 Å². The lowest BCUT2D eigenvalue weighted by atomic mass is 10.2. The number of carboxylic acids is 1. The van der Waals surface area contributed by atoms with Crippen molar-refractivity contribution in [2.24, 2.45) is 0 Å². The maximum atomic E-state index is 10.9. The number of carboxylic acid groups (broad SMARTS) is 1. The molecular formula is C12H10ClNO3S. The van der Waals surface area contributed by atoms with Gasteiger partial charge in [0.1, 0.15) is 5.76 Å². The lowest BCUT2D eigenvalue weighted by Crippen LogP contribution is -1.97. The predicted octanol–water partition coefficient (Wildman–Crippen LogP) is 3.63. The molecule has 1 aromatic heterocycles. The normalized spacial score (nSPS) is 10.6. The van der Waals surface area contributed by atoms with Gasteiger partial charge < -0.3 is 9.63 Å². The van der Waals surface area contributed by atoms with Gasteiger partial charge in [-0.2, -0.15) is 0 Å². The van der Waals surface area contributed by atoms with Crippen molar-refractivity contribution in [3.05, 3.63) is 46.3 Å². The Labute approximate surface area is 113 Å². The molecule has 0 aliphatic carbocycles. The topological polar surface area (TPSA) is 63.3 Å². The molecule has 18 heavy (non-hydrogen) atoms. The quantitative estimate of drug-likeness (QED) is 0.868. The van der Waals surface area contributed by atoms with Gasteiger partial charge >= 0.3 is 5.97 Å². The third-order valence-electron chi connectivity index (χ3n) is 2.23. The molecule has 1 heterocycles. The van der Waals surface area contributed by atoms with E-state index in [1.807, 2.05) is 13.0 Å². The summed E-state index contributed by atoms with van der Waals surface area (Å²) in [6, 6.07) is 6.77. The van der Waals surface area contributed by atoms with Crippen molar-refractivity contribution in [3.8, 4) is 0 Å². The number of carbonyl (C=O) groups is 1. The minimum atomic E-state index is -1.03. The van der Waals surface area contributed by atoms with Crippen molar-refractivity contribution in [1.29, 1.82) is 0 Å². The Morgan fingerprint density at radius 1 is 1.50 bits per heavy atom. The van der Waals surface area contributed by atoms with E-state index >= 15 is 0 Å². The highest BCUT2D eigenvalue weighted by molar-refractivity contribution is 7.98. The highest BCUT2D eigenvalue weighted by Crippen LogP contribution is 2.27. The highest BCUT2D eigenvalue weighted by atomic mass is 35.5. The molecule has 4 nitrogen and oxygen atoms in total. The first-order valence-corrected chi connectivity index (χ1v) is 6.50. The fourth-order valence-corrected chi connectivity index (χ4v) is 2.41. The number of hydrogen-bond acceptors (Lipinski definition) is 4. The summed E-state index contributed by atoms with van der Waals surface area (Å²) < 4.78 is 5.07. The number of benzene rings is 1. The minimum absolute atomic E-state index is 0.107. The van der Waals surface area contributed by atoms with E-state index in [4.69, 9.17) is 21.2 Å². The van der Waals surface area contributed by atoms with Crippen LogP contribution < -0.4 is 0 Å². The van der Waals surface area contributed by atoms with E-state index in [0.717, 1.165) is 16.3 Å². The lowest BCUT2D eigenvalue weighted by molar-refractivity contribution is 0.0697. The lowest BCUT2D eigenvalue weighted by Gasteiger charge is -2.03. The van der Waals surface area contributed by atoms with Crippen LogP contribution in [0.15, 0.2) is 33.7 Å². The molecule has 2 aromatic rings. The van der Waals surface area contributed by atoms with Crippen molar-refractivity contribution in [2.75, 3.05) is 0 Å². The minimum Gasteiger partial charge on any atom is -0.478 e. The number of aromatic nitrogens is 1. The number of nitrogens with zero attached hydrogens (tertiary/aromatic N) is 1. The average Bonchev–Trinajstić information content (AvgIpc) is 2.74. The number of aryl methyl sites for hydroxylation is 1. The summed E-state index contributed by atoms with van der Waals surface area (Å²) in [6.07, 6.45) is 0. The van der Waals surface area contributed by atoms with Gasteiger partial charge in [0.05, 0.1) is 22.0 Å². The number of thioether (sulfide) groups is 1. The van der Waals surface area contributed by atoms with Crippen molar-refractivity contribution in [3.63, 3.8) is 0 Å². The van der Waals surface area contributed by atoms with Crippen LogP contribution in [0.2, 0.25) is 5.02 Å². The van der Waals surface area contributed by atoms with E-state index in [9.17, 15) is 4.79 Å². The fraction of sp³-hybridized carbons (Fsp3) is 0.167. The summed E-state index contributed by atoms with van der Waals surface area (Å²) in [7, 11) is 0. The molecule has 6 heteroatoms. The second-order valence-corrected chi connectivity index (χ2v) is 5.13. The van der Waals surface area contributed by atoms with E-state index < -0.39 is 5.97 Å². The van der Waals surface area contributed by atoms with E-state index in [1.54, 1.807) is 18.2 Å². The molecule has 0 bridgehead atoms.